The predicted octanol–water partition coefficient (Wildman–Crippen LogP) is 5.35. The number of amides is 1. The Labute approximate surface area is 240 Å². The zero-order valence-electron chi connectivity index (χ0n) is 21.9. The zero-order chi connectivity index (χ0) is 30.5. The molecular weight excluding hydrogens is 595 g/mol. The van der Waals surface area contributed by atoms with E-state index < -0.39 is 44.2 Å². The second kappa shape index (κ2) is 12.1. The van der Waals surface area contributed by atoms with Crippen LogP contribution in [0.1, 0.15) is 5.56 Å². The minimum absolute atomic E-state index is 0.0385. The van der Waals surface area contributed by atoms with Gasteiger partial charge < -0.3 is 10.1 Å². The van der Waals surface area contributed by atoms with E-state index in [1.54, 1.807) is 30.3 Å². The quantitative estimate of drug-likeness (QED) is 0.247. The van der Waals surface area contributed by atoms with E-state index in [1.807, 2.05) is 0 Å². The monoisotopic (exact) mass is 619 g/mol. The normalized spacial score (nSPS) is 11.9. The molecule has 0 atom stereocenters. The molecular formula is C28H24F3N3O6S2. The predicted molar refractivity (Wildman–Crippen MR) is 151 cm³/mol. The summed E-state index contributed by atoms with van der Waals surface area (Å²) in [7, 11) is -7.02. The molecule has 0 unspecified atom stereocenters. The molecule has 0 bridgehead atoms. The second-order valence-electron chi connectivity index (χ2n) is 8.78. The molecule has 9 nitrogen and oxygen atoms in total. The summed E-state index contributed by atoms with van der Waals surface area (Å²) >= 11 is 0. The number of anilines is 3. The maximum Gasteiger partial charge on any atom is 0.416 e. The third-order valence-corrected chi connectivity index (χ3v) is 9.04. The van der Waals surface area contributed by atoms with Gasteiger partial charge in [0.2, 0.25) is 5.91 Å². The van der Waals surface area contributed by atoms with Crippen molar-refractivity contribution in [2.75, 3.05) is 28.0 Å². The van der Waals surface area contributed by atoms with Gasteiger partial charge in [-0.3, -0.25) is 13.8 Å². The molecule has 0 spiro atoms. The fourth-order valence-corrected chi connectivity index (χ4v) is 6.31. The van der Waals surface area contributed by atoms with Gasteiger partial charge in [0.15, 0.2) is 0 Å². The lowest BCUT2D eigenvalue weighted by Crippen LogP contribution is -2.38. The summed E-state index contributed by atoms with van der Waals surface area (Å²) in [6.45, 7) is -0.623. The van der Waals surface area contributed by atoms with Crippen LogP contribution in [0.15, 0.2) is 113 Å². The lowest BCUT2D eigenvalue weighted by molar-refractivity contribution is -0.137. The maximum absolute atomic E-state index is 13.5. The number of carbonyl (C=O) groups excluding carboxylic acids is 1. The van der Waals surface area contributed by atoms with Crippen LogP contribution in [0.4, 0.5) is 30.2 Å². The van der Waals surface area contributed by atoms with E-state index >= 15 is 0 Å². The van der Waals surface area contributed by atoms with Gasteiger partial charge in [0.1, 0.15) is 12.3 Å². The van der Waals surface area contributed by atoms with Gasteiger partial charge in [-0.25, -0.2) is 16.8 Å². The van der Waals surface area contributed by atoms with E-state index in [2.05, 4.69) is 10.0 Å². The summed E-state index contributed by atoms with van der Waals surface area (Å²) in [6.07, 6.45) is -4.65. The fraction of sp³-hybridized carbons (Fsp3) is 0.107. The van der Waals surface area contributed by atoms with Crippen molar-refractivity contribution < 1.29 is 39.5 Å². The summed E-state index contributed by atoms with van der Waals surface area (Å²) in [4.78, 5) is 12.7. The van der Waals surface area contributed by atoms with Crippen LogP contribution in [-0.2, 0) is 31.0 Å². The van der Waals surface area contributed by atoms with Gasteiger partial charge in [-0.15, -0.1) is 0 Å². The first-order valence-electron chi connectivity index (χ1n) is 12.1. The molecule has 2 N–H and O–H groups in total. The molecule has 0 saturated carbocycles. The van der Waals surface area contributed by atoms with E-state index in [-0.39, 0.29) is 26.9 Å². The van der Waals surface area contributed by atoms with E-state index in [9.17, 15) is 34.8 Å². The first-order valence-corrected chi connectivity index (χ1v) is 15.0. The Morgan fingerprint density at radius 2 is 1.45 bits per heavy atom. The summed E-state index contributed by atoms with van der Waals surface area (Å²) in [5, 5.41) is 2.53. The molecule has 4 rings (SSSR count). The number of halogens is 3. The minimum atomic E-state index is -4.65. The molecule has 0 saturated heterocycles. The summed E-state index contributed by atoms with van der Waals surface area (Å²) < 4.78 is 99.5. The van der Waals surface area contributed by atoms with Gasteiger partial charge in [0.25, 0.3) is 20.0 Å². The number of nitrogens with zero attached hydrogens (tertiary/aromatic N) is 1. The van der Waals surface area contributed by atoms with Crippen molar-refractivity contribution in [2.45, 2.75) is 16.0 Å². The van der Waals surface area contributed by atoms with Gasteiger partial charge in [0.05, 0.1) is 28.2 Å². The fourth-order valence-electron chi connectivity index (χ4n) is 3.82. The highest BCUT2D eigenvalue weighted by atomic mass is 32.2. The van der Waals surface area contributed by atoms with Crippen molar-refractivity contribution >= 4 is 43.0 Å². The largest absolute Gasteiger partial charge is 0.497 e. The molecule has 220 valence electrons. The Hall–Kier alpha value is -4.56. The highest BCUT2D eigenvalue weighted by Gasteiger charge is 2.31. The van der Waals surface area contributed by atoms with Gasteiger partial charge >= 0.3 is 6.18 Å². The van der Waals surface area contributed by atoms with Crippen LogP contribution in [0.5, 0.6) is 5.75 Å². The Balaban J connectivity index is 1.52. The number of methoxy groups -OCH3 is 1. The van der Waals surface area contributed by atoms with Crippen molar-refractivity contribution in [3.8, 4) is 5.75 Å². The highest BCUT2D eigenvalue weighted by molar-refractivity contribution is 7.93. The van der Waals surface area contributed by atoms with Crippen molar-refractivity contribution in [1.29, 1.82) is 0 Å². The maximum atomic E-state index is 13.5. The van der Waals surface area contributed by atoms with Crippen LogP contribution in [0, 0.1) is 0 Å². The molecule has 4 aromatic rings. The molecule has 0 aliphatic carbocycles. The van der Waals surface area contributed by atoms with Crippen LogP contribution in [0.25, 0.3) is 0 Å². The molecule has 0 radical (unpaired) electrons. The number of hydrogen-bond acceptors (Lipinski definition) is 6. The molecule has 0 heterocycles. The number of hydrogen-bond donors (Lipinski definition) is 2. The first-order chi connectivity index (χ1) is 19.8. The number of ether oxygens (including phenoxy) is 1. The Morgan fingerprint density at radius 1 is 0.786 bits per heavy atom. The first kappa shape index (κ1) is 30.4. The van der Waals surface area contributed by atoms with Crippen molar-refractivity contribution in [3.63, 3.8) is 0 Å². The number of sulfonamides is 2. The van der Waals surface area contributed by atoms with Crippen LogP contribution in [0.2, 0.25) is 0 Å². The van der Waals surface area contributed by atoms with Crippen molar-refractivity contribution in [2.24, 2.45) is 0 Å². The molecule has 0 aliphatic rings. The Morgan fingerprint density at radius 3 is 2.10 bits per heavy atom. The number of nitrogens with one attached hydrogen (secondary N) is 2. The van der Waals surface area contributed by atoms with E-state index in [0.29, 0.717) is 11.8 Å². The lowest BCUT2D eigenvalue weighted by Gasteiger charge is -2.24. The molecule has 0 fully saturated rings. The summed E-state index contributed by atoms with van der Waals surface area (Å²) in [6, 6.07) is 22.3. The molecule has 4 aromatic carbocycles. The van der Waals surface area contributed by atoms with E-state index in [4.69, 9.17) is 4.74 Å². The van der Waals surface area contributed by atoms with Gasteiger partial charge in [0, 0.05) is 17.4 Å². The minimum Gasteiger partial charge on any atom is -0.497 e. The molecule has 0 aliphatic heterocycles. The standard InChI is InChI=1S/C28H24F3N3O6S2/c1-40-24-10-6-9-23(18-24)34(42(38,39)26-11-3-2-4-12-26)19-27(35)32-21-13-15-25(16-14-21)41(36,37)33-22-8-5-7-20(17-22)28(29,30)31/h2-18,33H,19H2,1H3,(H,32,35). The Kier molecular flexibility index (Phi) is 8.78. The SMILES string of the molecule is COc1cccc(N(CC(=O)Nc2ccc(S(=O)(=O)Nc3cccc(C(F)(F)F)c3)cc2)S(=O)(=O)c2ccccc2)c1. The molecule has 42 heavy (non-hydrogen) atoms. The van der Waals surface area contributed by atoms with Gasteiger partial charge in [-0.2, -0.15) is 13.2 Å². The molecule has 1 amide bonds. The number of rotatable bonds is 10. The van der Waals surface area contributed by atoms with Gasteiger partial charge in [-0.1, -0.05) is 30.3 Å². The number of carbonyl (C=O) groups is 1. The van der Waals surface area contributed by atoms with Crippen LogP contribution in [-0.4, -0.2) is 36.4 Å². The summed E-state index contributed by atoms with van der Waals surface area (Å²) in [5.41, 5.74) is -0.964. The van der Waals surface area contributed by atoms with E-state index in [0.717, 1.165) is 28.6 Å². The second-order valence-corrected chi connectivity index (χ2v) is 12.3. The zero-order valence-corrected chi connectivity index (χ0v) is 23.5. The van der Waals surface area contributed by atoms with Gasteiger partial charge in [-0.05, 0) is 66.7 Å². The van der Waals surface area contributed by atoms with Crippen LogP contribution in [0.3, 0.4) is 0 Å². The molecule has 0 aromatic heterocycles. The number of benzene rings is 4. The topological polar surface area (TPSA) is 122 Å². The smallest absolute Gasteiger partial charge is 0.416 e. The number of alkyl halides is 3. The lowest BCUT2D eigenvalue weighted by atomic mass is 10.2. The van der Waals surface area contributed by atoms with Crippen molar-refractivity contribution in [3.05, 3.63) is 109 Å². The summed E-state index contributed by atoms with van der Waals surface area (Å²) in [5.74, 6) is -0.355. The van der Waals surface area contributed by atoms with Crippen LogP contribution < -0.4 is 19.1 Å². The highest BCUT2D eigenvalue weighted by Crippen LogP contribution is 2.31. The van der Waals surface area contributed by atoms with E-state index in [1.165, 1.54) is 49.6 Å². The third-order valence-electron chi connectivity index (χ3n) is 5.85. The Bertz CT molecular complexity index is 1780. The average Bonchev–Trinajstić information content (AvgIpc) is 2.96. The average molecular weight is 620 g/mol. The third kappa shape index (κ3) is 7.19. The van der Waals surface area contributed by atoms with Crippen molar-refractivity contribution in [1.82, 2.24) is 0 Å². The van der Waals surface area contributed by atoms with Crippen LogP contribution >= 0.6 is 0 Å². The molecule has 14 heteroatoms.